The minimum atomic E-state index is 0.159. The number of hydrogen-bond acceptors (Lipinski definition) is 2. The third-order valence-electron chi connectivity index (χ3n) is 5.17. The van der Waals surface area contributed by atoms with Gasteiger partial charge in [0, 0.05) is 11.6 Å². The van der Waals surface area contributed by atoms with E-state index in [1.165, 1.54) is 89.9 Å². The predicted molar refractivity (Wildman–Crippen MR) is 105 cm³/mol. The molecule has 1 aromatic heterocycles. The summed E-state index contributed by atoms with van der Waals surface area (Å²) in [4.78, 5) is 0. The molecular formula is C22H40N2. The van der Waals surface area contributed by atoms with Gasteiger partial charge in [-0.2, -0.15) is 10.2 Å². The molecule has 1 heterocycles. The molecule has 0 bridgehead atoms. The summed E-state index contributed by atoms with van der Waals surface area (Å²) in [5, 5.41) is 8.30. The van der Waals surface area contributed by atoms with Crippen molar-refractivity contribution >= 4 is 0 Å². The molecule has 0 saturated heterocycles. The number of hydrogen-bond donors (Lipinski definition) is 0. The van der Waals surface area contributed by atoms with E-state index in [4.69, 9.17) is 0 Å². The third-order valence-corrected chi connectivity index (χ3v) is 5.17. The van der Waals surface area contributed by atoms with Crippen LogP contribution in [-0.4, -0.2) is 10.2 Å². The van der Waals surface area contributed by atoms with Crippen molar-refractivity contribution in [1.29, 1.82) is 0 Å². The minimum absolute atomic E-state index is 0.159. The molecular weight excluding hydrogens is 292 g/mol. The van der Waals surface area contributed by atoms with Crippen LogP contribution >= 0.6 is 0 Å². The molecule has 0 aliphatic rings. The van der Waals surface area contributed by atoms with Crippen molar-refractivity contribution in [1.82, 2.24) is 10.2 Å². The maximum Gasteiger partial charge on any atom is 0.0687 e. The largest absolute Gasteiger partial charge is 0.159 e. The second kappa shape index (κ2) is 13.4. The van der Waals surface area contributed by atoms with Gasteiger partial charge in [0.05, 0.1) is 5.69 Å². The lowest BCUT2D eigenvalue weighted by Crippen LogP contribution is -2.19. The van der Waals surface area contributed by atoms with Crippen LogP contribution < -0.4 is 0 Å². The van der Waals surface area contributed by atoms with Gasteiger partial charge in [0.2, 0.25) is 0 Å². The number of nitrogens with zero attached hydrogens (tertiary/aromatic N) is 2. The van der Waals surface area contributed by atoms with Crippen molar-refractivity contribution in [3.8, 4) is 0 Å². The lowest BCUT2D eigenvalue weighted by Gasteiger charge is -2.23. The van der Waals surface area contributed by atoms with Crippen LogP contribution in [0.4, 0.5) is 0 Å². The Morgan fingerprint density at radius 2 is 1.25 bits per heavy atom. The first-order chi connectivity index (χ1) is 11.7. The highest BCUT2D eigenvalue weighted by molar-refractivity contribution is 5.11. The van der Waals surface area contributed by atoms with E-state index in [0.29, 0.717) is 0 Å². The van der Waals surface area contributed by atoms with Gasteiger partial charge < -0.3 is 0 Å². The van der Waals surface area contributed by atoms with E-state index in [2.05, 4.69) is 37.0 Å². The minimum Gasteiger partial charge on any atom is -0.159 e. The molecule has 0 N–H and O–H groups in total. The smallest absolute Gasteiger partial charge is 0.0687 e. The van der Waals surface area contributed by atoms with E-state index in [9.17, 15) is 0 Å². The second-order valence-electron chi connectivity index (χ2n) is 7.99. The molecule has 0 fully saturated rings. The monoisotopic (exact) mass is 332 g/mol. The zero-order valence-electron chi connectivity index (χ0n) is 16.5. The molecule has 0 saturated carbocycles. The molecule has 0 aromatic carbocycles. The molecule has 1 rings (SSSR count). The first-order valence-corrected chi connectivity index (χ1v) is 10.4. The fourth-order valence-corrected chi connectivity index (χ4v) is 3.38. The fraction of sp³-hybridized carbons (Fsp3) is 0.818. The molecule has 0 aliphatic heterocycles. The Balaban J connectivity index is 1.90. The van der Waals surface area contributed by atoms with Crippen LogP contribution in [-0.2, 0) is 5.41 Å². The summed E-state index contributed by atoms with van der Waals surface area (Å²) >= 11 is 0. The number of aromatic nitrogens is 2. The van der Waals surface area contributed by atoms with E-state index < -0.39 is 0 Å². The van der Waals surface area contributed by atoms with Crippen LogP contribution in [0.2, 0.25) is 0 Å². The lowest BCUT2D eigenvalue weighted by atomic mass is 9.83. The van der Waals surface area contributed by atoms with Gasteiger partial charge in [-0.3, -0.25) is 0 Å². The topological polar surface area (TPSA) is 25.8 Å². The number of rotatable bonds is 15. The van der Waals surface area contributed by atoms with Crippen molar-refractivity contribution in [3.63, 3.8) is 0 Å². The van der Waals surface area contributed by atoms with E-state index in [0.717, 1.165) is 5.69 Å². The third kappa shape index (κ3) is 10.1. The van der Waals surface area contributed by atoms with Crippen LogP contribution in [0.1, 0.15) is 116 Å². The Morgan fingerprint density at radius 3 is 1.71 bits per heavy atom. The summed E-state index contributed by atoms with van der Waals surface area (Å²) in [6.45, 7) is 6.87. The van der Waals surface area contributed by atoms with Crippen molar-refractivity contribution in [2.24, 2.45) is 0 Å². The summed E-state index contributed by atoms with van der Waals surface area (Å²) in [5.41, 5.74) is 1.29. The summed E-state index contributed by atoms with van der Waals surface area (Å²) in [7, 11) is 0. The van der Waals surface area contributed by atoms with E-state index in [1.54, 1.807) is 6.20 Å². The Hall–Kier alpha value is -0.920. The van der Waals surface area contributed by atoms with Crippen molar-refractivity contribution in [2.75, 3.05) is 0 Å². The fourth-order valence-electron chi connectivity index (χ4n) is 3.38. The van der Waals surface area contributed by atoms with Gasteiger partial charge in [-0.15, -0.1) is 0 Å². The van der Waals surface area contributed by atoms with E-state index in [1.807, 2.05) is 6.07 Å². The first-order valence-electron chi connectivity index (χ1n) is 10.4. The van der Waals surface area contributed by atoms with Crippen LogP contribution in [0.15, 0.2) is 18.3 Å². The van der Waals surface area contributed by atoms with Gasteiger partial charge in [-0.25, -0.2) is 0 Å². The standard InChI is InChI=1S/C22H40N2/c1-4-5-6-7-8-9-10-11-12-13-14-15-16-19-22(2,3)21-18-17-20-23-24-21/h17-18,20H,4-16,19H2,1-3H3. The SMILES string of the molecule is CCCCCCCCCCCCCCCC(C)(C)c1cccnn1. The van der Waals surface area contributed by atoms with Gasteiger partial charge >= 0.3 is 0 Å². The van der Waals surface area contributed by atoms with Gasteiger partial charge in [0.15, 0.2) is 0 Å². The molecule has 1 aromatic rings. The average Bonchev–Trinajstić information content (AvgIpc) is 2.60. The maximum atomic E-state index is 4.28. The van der Waals surface area contributed by atoms with Gasteiger partial charge in [0.1, 0.15) is 0 Å². The molecule has 138 valence electrons. The van der Waals surface area contributed by atoms with Crippen LogP contribution in [0.25, 0.3) is 0 Å². The summed E-state index contributed by atoms with van der Waals surface area (Å²) in [5.74, 6) is 0. The zero-order chi connectivity index (χ0) is 17.5. The highest BCUT2D eigenvalue weighted by atomic mass is 15.1. The molecule has 2 heteroatoms. The maximum absolute atomic E-state index is 4.28. The van der Waals surface area contributed by atoms with Gasteiger partial charge in [-0.1, -0.05) is 104 Å². The van der Waals surface area contributed by atoms with Crippen molar-refractivity contribution < 1.29 is 0 Å². The van der Waals surface area contributed by atoms with Crippen molar-refractivity contribution in [3.05, 3.63) is 24.0 Å². The highest BCUT2D eigenvalue weighted by Crippen LogP contribution is 2.27. The predicted octanol–water partition coefficient (Wildman–Crippen LogP) is 7.24. The van der Waals surface area contributed by atoms with E-state index >= 15 is 0 Å². The van der Waals surface area contributed by atoms with Crippen LogP contribution in [0, 0.1) is 0 Å². The molecule has 24 heavy (non-hydrogen) atoms. The van der Waals surface area contributed by atoms with Gasteiger partial charge in [0.25, 0.3) is 0 Å². The molecule has 0 spiro atoms. The molecule has 0 unspecified atom stereocenters. The second-order valence-corrected chi connectivity index (χ2v) is 7.99. The van der Waals surface area contributed by atoms with Crippen molar-refractivity contribution in [2.45, 2.75) is 116 Å². The summed E-state index contributed by atoms with van der Waals surface area (Å²) in [6, 6.07) is 4.10. The zero-order valence-corrected chi connectivity index (χ0v) is 16.5. The Bertz CT molecular complexity index is 386. The summed E-state index contributed by atoms with van der Waals surface area (Å²) in [6.07, 6.45) is 21.4. The average molecular weight is 333 g/mol. The van der Waals surface area contributed by atoms with Gasteiger partial charge in [-0.05, 0) is 18.6 Å². The van der Waals surface area contributed by atoms with Crippen LogP contribution in [0.3, 0.4) is 0 Å². The lowest BCUT2D eigenvalue weighted by molar-refractivity contribution is 0.427. The highest BCUT2D eigenvalue weighted by Gasteiger charge is 2.21. The Morgan fingerprint density at radius 1 is 0.750 bits per heavy atom. The Labute approximate surface area is 150 Å². The number of unbranched alkanes of at least 4 members (excludes halogenated alkanes) is 12. The molecule has 0 amide bonds. The molecule has 0 aliphatic carbocycles. The quantitative estimate of drug-likeness (QED) is 0.316. The summed E-state index contributed by atoms with van der Waals surface area (Å²) < 4.78 is 0. The van der Waals surface area contributed by atoms with E-state index in [-0.39, 0.29) is 5.41 Å². The first kappa shape index (κ1) is 21.1. The normalized spacial score (nSPS) is 11.8. The molecule has 0 atom stereocenters. The molecule has 0 radical (unpaired) electrons. The Kier molecular flexibility index (Phi) is 11.8. The molecule has 2 nitrogen and oxygen atoms in total. The van der Waals surface area contributed by atoms with Crippen LogP contribution in [0.5, 0.6) is 0 Å².